The first kappa shape index (κ1) is 44.8. The number of fused-ring (bicyclic) bond motifs is 1. The molecule has 4 amide bonds. The van der Waals surface area contributed by atoms with E-state index in [1.165, 1.54) is 17.0 Å². The molecule has 2 aliphatic rings. The minimum absolute atomic E-state index is 0.0298. The van der Waals surface area contributed by atoms with Crippen LogP contribution in [0.4, 0.5) is 4.79 Å². The molecule has 1 unspecified atom stereocenters. The Kier molecular flexibility index (Phi) is 12.7. The molecule has 320 valence electrons. The number of nitrogens with zero attached hydrogens (tertiary/aromatic N) is 2. The summed E-state index contributed by atoms with van der Waals surface area (Å²) in [6.07, 6.45) is -0.109. The molecule has 14 nitrogen and oxygen atoms in total. The Morgan fingerprint density at radius 1 is 1.07 bits per heavy atom. The number of halogens is 2. The van der Waals surface area contributed by atoms with Gasteiger partial charge in [-0.15, -0.1) is 17.9 Å². The Morgan fingerprint density at radius 3 is 2.35 bits per heavy atom. The smallest absolute Gasteiger partial charge is 0.408 e. The van der Waals surface area contributed by atoms with Gasteiger partial charge in [0.15, 0.2) is 0 Å². The fraction of sp³-hybridized carbons (Fsp3) is 0.405. The van der Waals surface area contributed by atoms with E-state index in [2.05, 4.69) is 37.9 Å². The van der Waals surface area contributed by atoms with E-state index < -0.39 is 74.5 Å². The molecular formula is C42H47BrClN5O9S2. The van der Waals surface area contributed by atoms with Crippen molar-refractivity contribution in [2.45, 2.75) is 87.9 Å². The third-order valence-corrected chi connectivity index (χ3v) is 14.4. The van der Waals surface area contributed by atoms with E-state index in [1.807, 2.05) is 36.4 Å². The summed E-state index contributed by atoms with van der Waals surface area (Å²) < 4.78 is 46.5. The van der Waals surface area contributed by atoms with Crippen molar-refractivity contribution >= 4 is 83.6 Å². The average Bonchev–Trinajstić information content (AvgIpc) is 3.54. The highest BCUT2D eigenvalue weighted by atomic mass is 79.9. The Bertz CT molecular complexity index is 2430. The van der Waals surface area contributed by atoms with Gasteiger partial charge in [0.2, 0.25) is 11.8 Å². The van der Waals surface area contributed by atoms with E-state index in [-0.39, 0.29) is 28.6 Å². The predicted octanol–water partition coefficient (Wildman–Crippen LogP) is 7.24. The third-order valence-electron chi connectivity index (χ3n) is 10.1. The van der Waals surface area contributed by atoms with Crippen LogP contribution < -0.4 is 24.8 Å². The number of thiophene rings is 1. The van der Waals surface area contributed by atoms with Gasteiger partial charge >= 0.3 is 6.09 Å². The maximum Gasteiger partial charge on any atom is 0.408 e. The first-order valence-electron chi connectivity index (χ1n) is 19.0. The van der Waals surface area contributed by atoms with Crippen LogP contribution in [0, 0.1) is 11.3 Å². The van der Waals surface area contributed by atoms with Crippen molar-refractivity contribution in [3.63, 3.8) is 0 Å². The number of alkyl carbamates (subject to hydrolysis) is 1. The molecule has 5 atom stereocenters. The molecule has 0 spiro atoms. The third kappa shape index (κ3) is 9.74. The largest absolute Gasteiger partial charge is 0.497 e. The zero-order valence-electron chi connectivity index (χ0n) is 34.1. The van der Waals surface area contributed by atoms with Crippen LogP contribution in [0.1, 0.15) is 54.4 Å². The number of nitrogens with one attached hydrogen (secondary N) is 3. The summed E-state index contributed by atoms with van der Waals surface area (Å²) in [6, 6.07) is 15.5. The maximum absolute atomic E-state index is 14.7. The van der Waals surface area contributed by atoms with E-state index in [0.717, 1.165) is 16.9 Å². The van der Waals surface area contributed by atoms with Crippen molar-refractivity contribution in [3.05, 3.63) is 82.1 Å². The molecule has 60 heavy (non-hydrogen) atoms. The fourth-order valence-electron chi connectivity index (χ4n) is 7.01. The molecule has 3 N–H and O–H groups in total. The highest BCUT2D eigenvalue weighted by Crippen LogP contribution is 2.46. The predicted molar refractivity (Wildman–Crippen MR) is 232 cm³/mol. The Hall–Kier alpha value is -4.71. The molecule has 1 saturated heterocycles. The van der Waals surface area contributed by atoms with E-state index in [0.29, 0.717) is 31.9 Å². The molecule has 2 aromatic carbocycles. The lowest BCUT2D eigenvalue weighted by molar-refractivity contribution is -0.143. The summed E-state index contributed by atoms with van der Waals surface area (Å²) in [6.45, 7) is 14.1. The van der Waals surface area contributed by atoms with Gasteiger partial charge in [0.25, 0.3) is 15.9 Å². The van der Waals surface area contributed by atoms with Crippen LogP contribution in [0.5, 0.6) is 11.5 Å². The number of hydrogen-bond acceptors (Lipinski definition) is 11. The maximum atomic E-state index is 14.7. The van der Waals surface area contributed by atoms with Crippen molar-refractivity contribution < 1.29 is 41.8 Å². The van der Waals surface area contributed by atoms with Crippen LogP contribution in [0.25, 0.3) is 22.2 Å². The van der Waals surface area contributed by atoms with Gasteiger partial charge in [-0.25, -0.2) is 22.9 Å². The monoisotopic (exact) mass is 943 g/mol. The summed E-state index contributed by atoms with van der Waals surface area (Å²) in [4.78, 5) is 62.5. The van der Waals surface area contributed by atoms with Crippen molar-refractivity contribution in [2.24, 2.45) is 11.3 Å². The number of likely N-dealkylation sites (tertiary alicyclic amines) is 1. The number of ether oxygens (including phenoxy) is 3. The molecule has 2 aromatic heterocycles. The van der Waals surface area contributed by atoms with Gasteiger partial charge < -0.3 is 29.7 Å². The van der Waals surface area contributed by atoms with Crippen LogP contribution in [-0.2, 0) is 29.1 Å². The fourth-order valence-corrected chi connectivity index (χ4v) is 10.4. The van der Waals surface area contributed by atoms with Crippen molar-refractivity contribution in [1.29, 1.82) is 0 Å². The molecule has 1 aliphatic heterocycles. The van der Waals surface area contributed by atoms with Gasteiger partial charge in [0.05, 0.1) is 33.7 Å². The molecule has 0 bridgehead atoms. The van der Waals surface area contributed by atoms with Crippen molar-refractivity contribution in [1.82, 2.24) is 25.2 Å². The van der Waals surface area contributed by atoms with Crippen LogP contribution >= 0.6 is 38.9 Å². The van der Waals surface area contributed by atoms with E-state index in [4.69, 9.17) is 30.8 Å². The molecular weight excluding hydrogens is 898 g/mol. The highest BCUT2D eigenvalue weighted by Gasteiger charge is 2.61. The number of methoxy groups -OCH3 is 1. The number of sulfonamides is 1. The first-order valence-corrected chi connectivity index (χ1v) is 22.5. The number of aromatic nitrogens is 1. The first-order chi connectivity index (χ1) is 28.0. The lowest BCUT2D eigenvalue weighted by Gasteiger charge is -2.36. The molecule has 2 fully saturated rings. The normalized spacial score (nSPS) is 20.8. The van der Waals surface area contributed by atoms with Gasteiger partial charge in [0, 0.05) is 35.4 Å². The van der Waals surface area contributed by atoms with Gasteiger partial charge in [-0.2, -0.15) is 0 Å². The highest BCUT2D eigenvalue weighted by molar-refractivity contribution is 9.11. The summed E-state index contributed by atoms with van der Waals surface area (Å²) in [7, 11) is -2.83. The molecule has 4 aromatic rings. The zero-order chi connectivity index (χ0) is 43.9. The van der Waals surface area contributed by atoms with E-state index >= 15 is 0 Å². The topological polar surface area (TPSA) is 182 Å². The molecule has 1 saturated carbocycles. The number of hydrogen-bond donors (Lipinski definition) is 3. The Balaban J connectivity index is 1.35. The van der Waals surface area contributed by atoms with Gasteiger partial charge in [0.1, 0.15) is 45.0 Å². The standard InChI is InChI=1S/C42H47BrClN5O9S2/c1-9-24-21-42(24,38(52)48-60(54,55)33-19-28(44)35(43)59-33)47-36(50)31-18-26(22-49(31)37(51)34(40(2,3)4)46-39(53)58-41(5,6)7)57-32-20-29(23-13-11-10-12-14-23)45-30-17-25(56-8)15-16-27(30)32/h9-17,19-20,24,26,31,34H,1,18,21-22H2,2-8H3,(H,46,53)(H,47,50)(H,48,52)/t24?,26-,31+,34-,42-/m1/s1. The minimum Gasteiger partial charge on any atom is -0.497 e. The minimum atomic E-state index is -4.39. The number of rotatable bonds is 12. The average molecular weight is 945 g/mol. The molecule has 1 aliphatic carbocycles. The second-order valence-electron chi connectivity index (χ2n) is 16.8. The quantitative estimate of drug-likeness (QED) is 0.123. The number of amides is 4. The molecule has 18 heteroatoms. The second kappa shape index (κ2) is 17.0. The van der Waals surface area contributed by atoms with Crippen LogP contribution in [0.15, 0.2) is 81.3 Å². The number of pyridine rings is 1. The van der Waals surface area contributed by atoms with Gasteiger partial charge in [-0.3, -0.25) is 14.4 Å². The summed E-state index contributed by atoms with van der Waals surface area (Å²) in [5.74, 6) is -1.90. The van der Waals surface area contributed by atoms with Crippen molar-refractivity contribution in [2.75, 3.05) is 13.7 Å². The van der Waals surface area contributed by atoms with Crippen LogP contribution in [0.2, 0.25) is 5.02 Å². The summed E-state index contributed by atoms with van der Waals surface area (Å²) in [5.41, 5.74) is -1.38. The van der Waals surface area contributed by atoms with Gasteiger partial charge in [-0.1, -0.05) is 68.8 Å². The van der Waals surface area contributed by atoms with Crippen LogP contribution in [-0.4, -0.2) is 85.1 Å². The van der Waals surface area contributed by atoms with E-state index in [9.17, 15) is 27.6 Å². The molecule has 6 rings (SSSR count). The SMILES string of the molecule is C=CC1C[C@]1(NC(=O)[C@@H]1C[C@@H](Oc2cc(-c3ccccc3)nc3cc(OC)ccc23)CN1C(=O)[C@@H](NC(=O)OC(C)(C)C)C(C)(C)C)C(=O)NS(=O)(=O)c1cc(Cl)c(Br)s1. The van der Waals surface area contributed by atoms with Gasteiger partial charge in [-0.05, 0) is 66.7 Å². The lowest BCUT2D eigenvalue weighted by Crippen LogP contribution is -2.60. The molecule has 3 heterocycles. The number of carbonyl (C=O) groups excluding carboxylic acids is 4. The summed E-state index contributed by atoms with van der Waals surface area (Å²) in [5, 5.41) is 6.31. The second-order valence-corrected chi connectivity index (χ2v) is 21.5. The van der Waals surface area contributed by atoms with E-state index in [1.54, 1.807) is 66.9 Å². The zero-order valence-corrected chi connectivity index (χ0v) is 38.1. The van der Waals surface area contributed by atoms with Crippen LogP contribution in [0.3, 0.4) is 0 Å². The number of carbonyl (C=O) groups is 4. The Morgan fingerprint density at radius 2 is 1.77 bits per heavy atom. The Labute approximate surface area is 366 Å². The lowest BCUT2D eigenvalue weighted by atomic mass is 9.85. The summed E-state index contributed by atoms with van der Waals surface area (Å²) >= 11 is 10.1. The molecule has 0 radical (unpaired) electrons. The van der Waals surface area contributed by atoms with Crippen molar-refractivity contribution in [3.8, 4) is 22.8 Å². The number of benzene rings is 2.